The van der Waals surface area contributed by atoms with Crippen LogP contribution in [0.2, 0.25) is 0 Å². The average Bonchev–Trinajstić information content (AvgIpc) is 2.82. The Hall–Kier alpha value is 0.230. The van der Waals surface area contributed by atoms with Crippen molar-refractivity contribution in [3.05, 3.63) is 0 Å². The lowest BCUT2D eigenvalue weighted by Gasteiger charge is -2.43. The van der Waals surface area contributed by atoms with Crippen LogP contribution in [0.3, 0.4) is 0 Å². The monoisotopic (exact) mass is 244 g/mol. The molecule has 0 aromatic rings. The predicted molar refractivity (Wildman–Crippen MR) is 69.9 cm³/mol. The molecule has 0 aliphatic carbocycles. The second-order valence-electron chi connectivity index (χ2n) is 4.99. The number of nitrogens with two attached hydrogens (primary N) is 1. The van der Waals surface area contributed by atoms with Gasteiger partial charge < -0.3 is 15.8 Å². The van der Waals surface area contributed by atoms with Crippen LogP contribution in [-0.4, -0.2) is 42.3 Å². The van der Waals surface area contributed by atoms with Crippen LogP contribution in [0, 0.1) is 0 Å². The van der Waals surface area contributed by atoms with Gasteiger partial charge in [0.05, 0.1) is 6.10 Å². The molecule has 2 saturated heterocycles. The molecule has 0 radical (unpaired) electrons. The molecule has 0 aromatic carbocycles. The lowest BCUT2D eigenvalue weighted by atomic mass is 9.89. The lowest BCUT2D eigenvalue weighted by molar-refractivity contribution is 0.0993. The molecular formula is C12H24N2OS. The van der Waals surface area contributed by atoms with Gasteiger partial charge in [-0.05, 0) is 31.4 Å². The highest BCUT2D eigenvalue weighted by Crippen LogP contribution is 2.33. The molecular weight excluding hydrogens is 220 g/mol. The molecule has 2 rings (SSSR count). The molecule has 0 aromatic heterocycles. The fraction of sp³-hybridized carbons (Fsp3) is 1.00. The minimum atomic E-state index is 0.148. The minimum absolute atomic E-state index is 0.148. The molecule has 2 heterocycles. The molecule has 3 N–H and O–H groups in total. The molecule has 4 heteroatoms. The third-order valence-corrected chi connectivity index (χ3v) is 5.46. The Labute approximate surface area is 103 Å². The van der Waals surface area contributed by atoms with Crippen molar-refractivity contribution in [1.82, 2.24) is 5.32 Å². The van der Waals surface area contributed by atoms with E-state index < -0.39 is 0 Å². The van der Waals surface area contributed by atoms with Gasteiger partial charge in [0.2, 0.25) is 0 Å². The van der Waals surface area contributed by atoms with Crippen LogP contribution >= 0.6 is 11.8 Å². The first-order valence-corrected chi connectivity index (χ1v) is 7.50. The summed E-state index contributed by atoms with van der Waals surface area (Å²) in [5.74, 6) is 1.28. The van der Waals surface area contributed by atoms with Gasteiger partial charge in [0, 0.05) is 30.5 Å². The van der Waals surface area contributed by atoms with E-state index in [2.05, 4.69) is 12.2 Å². The highest BCUT2D eigenvalue weighted by atomic mass is 32.2. The van der Waals surface area contributed by atoms with E-state index in [4.69, 9.17) is 10.5 Å². The number of hydrogen-bond donors (Lipinski definition) is 2. The standard InChI is InChI=1S/C12H24N2OS/c1-10-12(9-13,5-3-7-16-10)14-8-11-4-2-6-15-11/h10-11,14H,2-9,13H2,1H3. The summed E-state index contributed by atoms with van der Waals surface area (Å²) in [7, 11) is 0. The van der Waals surface area contributed by atoms with Crippen LogP contribution in [0.25, 0.3) is 0 Å². The van der Waals surface area contributed by atoms with E-state index in [0.717, 1.165) is 19.7 Å². The largest absolute Gasteiger partial charge is 0.377 e. The Balaban J connectivity index is 1.87. The SMILES string of the molecule is CC1SCCCC1(CN)NCC1CCCO1. The number of ether oxygens (including phenoxy) is 1. The Morgan fingerprint density at radius 2 is 2.38 bits per heavy atom. The molecule has 3 atom stereocenters. The fourth-order valence-corrected chi connectivity index (χ4v) is 3.99. The summed E-state index contributed by atoms with van der Waals surface area (Å²) in [5, 5.41) is 4.32. The Morgan fingerprint density at radius 1 is 1.50 bits per heavy atom. The first-order valence-electron chi connectivity index (χ1n) is 6.45. The highest BCUT2D eigenvalue weighted by Gasteiger charge is 2.37. The van der Waals surface area contributed by atoms with Gasteiger partial charge in [0.25, 0.3) is 0 Å². The summed E-state index contributed by atoms with van der Waals surface area (Å²) in [6.07, 6.45) is 5.33. The predicted octanol–water partition coefficient (Wildman–Crippen LogP) is 1.37. The van der Waals surface area contributed by atoms with E-state index in [-0.39, 0.29) is 5.54 Å². The summed E-state index contributed by atoms with van der Waals surface area (Å²) in [6, 6.07) is 0. The smallest absolute Gasteiger partial charge is 0.0700 e. The second kappa shape index (κ2) is 5.71. The maximum atomic E-state index is 6.00. The first kappa shape index (κ1) is 12.7. The first-order chi connectivity index (χ1) is 7.77. The normalized spacial score (nSPS) is 40.1. The van der Waals surface area contributed by atoms with E-state index in [1.165, 1.54) is 31.4 Å². The molecule has 2 aliphatic heterocycles. The molecule has 0 spiro atoms. The molecule has 0 bridgehead atoms. The van der Waals surface area contributed by atoms with E-state index in [1.54, 1.807) is 0 Å². The van der Waals surface area contributed by atoms with Gasteiger partial charge in [0.15, 0.2) is 0 Å². The third-order valence-electron chi connectivity index (χ3n) is 3.98. The second-order valence-corrected chi connectivity index (χ2v) is 6.44. The van der Waals surface area contributed by atoms with Crippen LogP contribution in [0.4, 0.5) is 0 Å². The van der Waals surface area contributed by atoms with Crippen LogP contribution in [0.5, 0.6) is 0 Å². The van der Waals surface area contributed by atoms with Crippen molar-refractivity contribution in [2.45, 2.75) is 49.5 Å². The molecule has 0 saturated carbocycles. The minimum Gasteiger partial charge on any atom is -0.377 e. The zero-order valence-electron chi connectivity index (χ0n) is 10.2. The van der Waals surface area contributed by atoms with Gasteiger partial charge in [-0.2, -0.15) is 11.8 Å². The molecule has 3 unspecified atom stereocenters. The summed E-state index contributed by atoms with van der Waals surface area (Å²) in [6.45, 7) is 4.96. The van der Waals surface area contributed by atoms with Crippen molar-refractivity contribution in [3.63, 3.8) is 0 Å². The van der Waals surface area contributed by atoms with Crippen molar-refractivity contribution in [2.75, 3.05) is 25.4 Å². The quantitative estimate of drug-likeness (QED) is 0.784. The number of hydrogen-bond acceptors (Lipinski definition) is 4. The van der Waals surface area contributed by atoms with Gasteiger partial charge in [-0.3, -0.25) is 0 Å². The Morgan fingerprint density at radius 3 is 3.00 bits per heavy atom. The maximum Gasteiger partial charge on any atom is 0.0700 e. The van der Waals surface area contributed by atoms with Crippen molar-refractivity contribution in [3.8, 4) is 0 Å². The van der Waals surface area contributed by atoms with Crippen LogP contribution in [-0.2, 0) is 4.74 Å². The zero-order chi connectivity index (χ0) is 11.4. The van der Waals surface area contributed by atoms with Gasteiger partial charge in [-0.25, -0.2) is 0 Å². The summed E-state index contributed by atoms with van der Waals surface area (Å²) >= 11 is 2.05. The number of nitrogens with one attached hydrogen (secondary N) is 1. The Bertz CT molecular complexity index is 221. The highest BCUT2D eigenvalue weighted by molar-refractivity contribution is 8.00. The van der Waals surface area contributed by atoms with Gasteiger partial charge in [-0.15, -0.1) is 0 Å². The van der Waals surface area contributed by atoms with Crippen molar-refractivity contribution >= 4 is 11.8 Å². The third kappa shape index (κ3) is 2.73. The summed E-state index contributed by atoms with van der Waals surface area (Å²) in [5.41, 5.74) is 6.14. The van der Waals surface area contributed by atoms with E-state index in [0.29, 0.717) is 11.4 Å². The molecule has 94 valence electrons. The molecule has 16 heavy (non-hydrogen) atoms. The number of thioether (sulfide) groups is 1. The van der Waals surface area contributed by atoms with Crippen LogP contribution in [0.15, 0.2) is 0 Å². The van der Waals surface area contributed by atoms with Crippen molar-refractivity contribution in [1.29, 1.82) is 0 Å². The zero-order valence-corrected chi connectivity index (χ0v) is 11.0. The van der Waals surface area contributed by atoms with Crippen molar-refractivity contribution in [2.24, 2.45) is 5.73 Å². The van der Waals surface area contributed by atoms with Gasteiger partial charge in [-0.1, -0.05) is 6.92 Å². The van der Waals surface area contributed by atoms with Crippen LogP contribution in [0.1, 0.15) is 32.6 Å². The Kier molecular flexibility index (Phi) is 4.53. The fourth-order valence-electron chi connectivity index (χ4n) is 2.71. The van der Waals surface area contributed by atoms with E-state index in [9.17, 15) is 0 Å². The summed E-state index contributed by atoms with van der Waals surface area (Å²) in [4.78, 5) is 0. The maximum absolute atomic E-state index is 6.00. The molecule has 3 nitrogen and oxygen atoms in total. The van der Waals surface area contributed by atoms with Gasteiger partial charge in [0.1, 0.15) is 0 Å². The van der Waals surface area contributed by atoms with E-state index >= 15 is 0 Å². The molecule has 2 aliphatic rings. The average molecular weight is 244 g/mol. The molecule has 2 fully saturated rings. The van der Waals surface area contributed by atoms with E-state index in [1.807, 2.05) is 11.8 Å². The lowest BCUT2D eigenvalue weighted by Crippen LogP contribution is -2.60. The van der Waals surface area contributed by atoms with Crippen LogP contribution < -0.4 is 11.1 Å². The molecule has 0 amide bonds. The summed E-state index contributed by atoms with van der Waals surface area (Å²) < 4.78 is 5.66. The van der Waals surface area contributed by atoms with Crippen molar-refractivity contribution < 1.29 is 4.74 Å². The topological polar surface area (TPSA) is 47.3 Å². The number of rotatable bonds is 4. The van der Waals surface area contributed by atoms with Gasteiger partial charge >= 0.3 is 0 Å².